The second kappa shape index (κ2) is 6.54. The second-order valence-electron chi connectivity index (χ2n) is 3.64. The molecule has 0 aliphatic carbocycles. The molecule has 0 atom stereocenters. The predicted octanol–water partition coefficient (Wildman–Crippen LogP) is 5.38. The first-order valence-corrected chi connectivity index (χ1v) is 7.31. The summed E-state index contributed by atoms with van der Waals surface area (Å²) < 4.78 is 29.5. The molecule has 1 N–H and O–H groups in total. The van der Waals surface area contributed by atoms with Gasteiger partial charge in [0.05, 0.1) is 8.81 Å². The first kappa shape index (κ1) is 14.6. The highest BCUT2D eigenvalue weighted by Crippen LogP contribution is 2.29. The molecule has 0 aliphatic heterocycles. The maximum absolute atomic E-state index is 12.1. The van der Waals surface area contributed by atoms with Crippen molar-refractivity contribution in [1.82, 2.24) is 0 Å². The third-order valence-electron chi connectivity index (χ3n) is 2.27. The second-order valence-corrected chi connectivity index (χ2v) is 6.33. The lowest BCUT2D eigenvalue weighted by atomic mass is 10.2. The highest BCUT2D eigenvalue weighted by Gasteiger charge is 2.09. The molecule has 7 heteroatoms. The smallest absolute Gasteiger partial charge is 0.387 e. The van der Waals surface area contributed by atoms with E-state index in [0.29, 0.717) is 6.54 Å². The maximum atomic E-state index is 12.1. The molecular formula is C12H9BrClF2NOS. The van der Waals surface area contributed by atoms with Gasteiger partial charge >= 0.3 is 6.61 Å². The van der Waals surface area contributed by atoms with E-state index in [-0.39, 0.29) is 10.8 Å². The Morgan fingerprint density at radius 1 is 1.37 bits per heavy atom. The standard InChI is InChI=1S/C12H9BrClF2NOS/c13-11-3-7(6-19-11)5-17-8-1-2-10(9(14)4-8)18-12(15)16/h1-4,6,12,17H,5H2. The highest BCUT2D eigenvalue weighted by atomic mass is 79.9. The topological polar surface area (TPSA) is 21.3 Å². The van der Waals surface area contributed by atoms with Crippen molar-refractivity contribution in [2.24, 2.45) is 0 Å². The van der Waals surface area contributed by atoms with Crippen molar-refractivity contribution in [3.63, 3.8) is 0 Å². The third-order valence-corrected chi connectivity index (χ3v) is 4.11. The number of ether oxygens (including phenoxy) is 1. The number of hydrogen-bond donors (Lipinski definition) is 1. The van der Waals surface area contributed by atoms with Gasteiger partial charge in [-0.1, -0.05) is 11.6 Å². The van der Waals surface area contributed by atoms with E-state index in [9.17, 15) is 8.78 Å². The summed E-state index contributed by atoms with van der Waals surface area (Å²) in [5.74, 6) is -0.0273. The Kier molecular flexibility index (Phi) is 5.01. The van der Waals surface area contributed by atoms with Crippen molar-refractivity contribution in [3.8, 4) is 5.75 Å². The van der Waals surface area contributed by atoms with Crippen LogP contribution in [0.4, 0.5) is 14.5 Å². The van der Waals surface area contributed by atoms with Gasteiger partial charge in [-0.3, -0.25) is 0 Å². The van der Waals surface area contributed by atoms with Crippen LogP contribution in [0.25, 0.3) is 0 Å². The minimum absolute atomic E-state index is 0.0273. The Morgan fingerprint density at radius 3 is 2.74 bits per heavy atom. The summed E-state index contributed by atoms with van der Waals surface area (Å²) in [6.45, 7) is -2.24. The van der Waals surface area contributed by atoms with Crippen LogP contribution in [0.15, 0.2) is 33.4 Å². The van der Waals surface area contributed by atoms with E-state index in [1.54, 1.807) is 23.5 Å². The van der Waals surface area contributed by atoms with Gasteiger partial charge in [0.25, 0.3) is 0 Å². The quantitative estimate of drug-likeness (QED) is 0.765. The fourth-order valence-electron chi connectivity index (χ4n) is 1.44. The number of alkyl halides is 2. The lowest BCUT2D eigenvalue weighted by Gasteiger charge is -2.09. The molecule has 0 aliphatic rings. The Balaban J connectivity index is 1.99. The molecule has 1 aromatic carbocycles. The monoisotopic (exact) mass is 367 g/mol. The Hall–Kier alpha value is -0.850. The van der Waals surface area contributed by atoms with Gasteiger partial charge in [0, 0.05) is 12.2 Å². The van der Waals surface area contributed by atoms with Crippen LogP contribution < -0.4 is 10.1 Å². The summed E-state index contributed by atoms with van der Waals surface area (Å²) in [4.78, 5) is 0. The van der Waals surface area contributed by atoms with Crippen molar-refractivity contribution >= 4 is 44.6 Å². The number of nitrogens with one attached hydrogen (secondary N) is 1. The normalized spacial score (nSPS) is 10.8. The van der Waals surface area contributed by atoms with E-state index in [1.807, 2.05) is 11.4 Å². The Bertz CT molecular complexity index is 564. The molecule has 1 heterocycles. The zero-order valence-electron chi connectivity index (χ0n) is 9.50. The van der Waals surface area contributed by atoms with E-state index in [4.69, 9.17) is 11.6 Å². The molecular weight excluding hydrogens is 360 g/mol. The van der Waals surface area contributed by atoms with E-state index in [2.05, 4.69) is 26.0 Å². The molecule has 0 unspecified atom stereocenters. The first-order valence-electron chi connectivity index (χ1n) is 5.26. The van der Waals surface area contributed by atoms with Gasteiger partial charge in [-0.25, -0.2) is 0 Å². The number of hydrogen-bond acceptors (Lipinski definition) is 3. The molecule has 0 fully saturated rings. The largest absolute Gasteiger partial charge is 0.433 e. The number of anilines is 1. The SMILES string of the molecule is FC(F)Oc1ccc(NCc2csc(Br)c2)cc1Cl. The Morgan fingerprint density at radius 2 is 2.16 bits per heavy atom. The summed E-state index contributed by atoms with van der Waals surface area (Å²) >= 11 is 10.8. The van der Waals surface area contributed by atoms with Gasteiger partial charge in [-0.15, -0.1) is 11.3 Å². The summed E-state index contributed by atoms with van der Waals surface area (Å²) in [6.07, 6.45) is 0. The van der Waals surface area contributed by atoms with E-state index in [1.165, 1.54) is 6.07 Å². The summed E-state index contributed by atoms with van der Waals surface area (Å²) in [5.41, 5.74) is 1.87. The van der Waals surface area contributed by atoms with Crippen LogP contribution in [-0.2, 0) is 6.54 Å². The van der Waals surface area contributed by atoms with Gasteiger partial charge in [-0.2, -0.15) is 8.78 Å². The Labute approximate surface area is 126 Å². The molecule has 0 spiro atoms. The molecule has 0 saturated carbocycles. The number of thiophene rings is 1. The third kappa shape index (κ3) is 4.33. The number of benzene rings is 1. The van der Waals surface area contributed by atoms with Gasteiger partial charge in [0.1, 0.15) is 5.75 Å². The van der Waals surface area contributed by atoms with Gasteiger partial charge in [0.2, 0.25) is 0 Å². The average molecular weight is 369 g/mol. The predicted molar refractivity (Wildman–Crippen MR) is 77.4 cm³/mol. The van der Waals surface area contributed by atoms with Crippen molar-refractivity contribution in [1.29, 1.82) is 0 Å². The minimum atomic E-state index is -2.88. The number of rotatable bonds is 5. The van der Waals surface area contributed by atoms with Crippen LogP contribution in [0.3, 0.4) is 0 Å². The highest BCUT2D eigenvalue weighted by molar-refractivity contribution is 9.11. The lowest BCUT2D eigenvalue weighted by Crippen LogP contribution is -2.03. The molecule has 19 heavy (non-hydrogen) atoms. The van der Waals surface area contributed by atoms with Gasteiger partial charge in [-0.05, 0) is 51.1 Å². The van der Waals surface area contributed by atoms with Crippen LogP contribution in [0, 0.1) is 0 Å². The fourth-order valence-corrected chi connectivity index (χ4v) is 2.88. The van der Waals surface area contributed by atoms with Gasteiger partial charge in [0.15, 0.2) is 0 Å². The molecule has 2 nitrogen and oxygen atoms in total. The molecule has 0 radical (unpaired) electrons. The van der Waals surface area contributed by atoms with Crippen LogP contribution in [0.1, 0.15) is 5.56 Å². The molecule has 1 aromatic heterocycles. The van der Waals surface area contributed by atoms with Crippen molar-refractivity contribution < 1.29 is 13.5 Å². The minimum Gasteiger partial charge on any atom is -0.433 e. The fraction of sp³-hybridized carbons (Fsp3) is 0.167. The first-order chi connectivity index (χ1) is 9.04. The van der Waals surface area contributed by atoms with Crippen molar-refractivity contribution in [2.75, 3.05) is 5.32 Å². The molecule has 0 bridgehead atoms. The van der Waals surface area contributed by atoms with Gasteiger partial charge < -0.3 is 10.1 Å². The zero-order chi connectivity index (χ0) is 13.8. The van der Waals surface area contributed by atoms with Crippen LogP contribution in [0.5, 0.6) is 5.75 Å². The van der Waals surface area contributed by atoms with E-state index >= 15 is 0 Å². The maximum Gasteiger partial charge on any atom is 0.387 e. The van der Waals surface area contributed by atoms with E-state index < -0.39 is 6.61 Å². The summed E-state index contributed by atoms with van der Waals surface area (Å²) in [7, 11) is 0. The summed E-state index contributed by atoms with van der Waals surface area (Å²) in [5, 5.41) is 5.32. The van der Waals surface area contributed by atoms with Crippen LogP contribution in [0.2, 0.25) is 5.02 Å². The average Bonchev–Trinajstić information content (AvgIpc) is 2.75. The molecule has 0 amide bonds. The molecule has 0 saturated heterocycles. The van der Waals surface area contributed by atoms with Crippen LogP contribution >= 0.6 is 38.9 Å². The van der Waals surface area contributed by atoms with Crippen molar-refractivity contribution in [2.45, 2.75) is 13.2 Å². The van der Waals surface area contributed by atoms with E-state index in [0.717, 1.165) is 15.0 Å². The number of halogens is 4. The molecule has 2 aromatic rings. The van der Waals surface area contributed by atoms with Crippen molar-refractivity contribution in [3.05, 3.63) is 44.0 Å². The van der Waals surface area contributed by atoms with Crippen LogP contribution in [-0.4, -0.2) is 6.61 Å². The summed E-state index contributed by atoms with van der Waals surface area (Å²) in [6, 6.07) is 6.62. The molecule has 102 valence electrons. The zero-order valence-corrected chi connectivity index (χ0v) is 12.7. The lowest BCUT2D eigenvalue weighted by molar-refractivity contribution is -0.0497. The molecule has 2 rings (SSSR count).